The van der Waals surface area contributed by atoms with E-state index in [1.54, 1.807) is 0 Å². The summed E-state index contributed by atoms with van der Waals surface area (Å²) in [5, 5.41) is 10.8. The summed E-state index contributed by atoms with van der Waals surface area (Å²) in [5.74, 6) is 0.117. The van der Waals surface area contributed by atoms with Gasteiger partial charge in [0, 0.05) is 6.54 Å². The molecule has 0 radical (unpaired) electrons. The maximum absolute atomic E-state index is 8.30. The van der Waals surface area contributed by atoms with Crippen molar-refractivity contribution in [2.45, 2.75) is 0 Å². The van der Waals surface area contributed by atoms with Crippen molar-refractivity contribution in [3.8, 4) is 0 Å². The number of nitrogens with one attached hydrogen (secondary N) is 1. The van der Waals surface area contributed by atoms with Crippen LogP contribution in [0.25, 0.3) is 0 Å². The standard InChI is InChI=1S/C4H12N4O/c5-1-3(4(6)7)8-2-9/h8-9H,1-2,5-7H2. The van der Waals surface area contributed by atoms with E-state index in [4.69, 9.17) is 22.3 Å². The third-order valence-corrected chi connectivity index (χ3v) is 0.845. The Kier molecular flexibility index (Phi) is 3.57. The van der Waals surface area contributed by atoms with E-state index in [2.05, 4.69) is 5.32 Å². The smallest absolute Gasteiger partial charge is 0.114 e. The molecule has 0 saturated heterocycles. The van der Waals surface area contributed by atoms with E-state index in [9.17, 15) is 0 Å². The molecule has 0 aliphatic carbocycles. The van der Waals surface area contributed by atoms with E-state index in [1.807, 2.05) is 0 Å². The van der Waals surface area contributed by atoms with Gasteiger partial charge in [0.05, 0.1) is 5.70 Å². The molecule has 0 unspecified atom stereocenters. The van der Waals surface area contributed by atoms with Gasteiger partial charge < -0.3 is 27.6 Å². The van der Waals surface area contributed by atoms with Crippen molar-refractivity contribution in [1.29, 1.82) is 0 Å². The highest BCUT2D eigenvalue weighted by Gasteiger charge is 1.93. The maximum atomic E-state index is 8.30. The van der Waals surface area contributed by atoms with Gasteiger partial charge in [-0.15, -0.1) is 0 Å². The minimum absolute atomic E-state index is 0.117. The molecule has 0 spiro atoms. The van der Waals surface area contributed by atoms with Crippen LogP contribution in [-0.2, 0) is 0 Å². The summed E-state index contributed by atoms with van der Waals surface area (Å²) in [6.07, 6.45) is 0. The number of rotatable bonds is 3. The Hall–Kier alpha value is -0.940. The summed E-state index contributed by atoms with van der Waals surface area (Å²) < 4.78 is 0. The zero-order valence-electron chi connectivity index (χ0n) is 5.09. The first-order valence-corrected chi connectivity index (χ1v) is 2.51. The van der Waals surface area contributed by atoms with Crippen molar-refractivity contribution in [2.75, 3.05) is 13.3 Å². The van der Waals surface area contributed by atoms with Gasteiger partial charge in [-0.2, -0.15) is 0 Å². The molecule has 0 atom stereocenters. The molecular weight excluding hydrogens is 120 g/mol. The van der Waals surface area contributed by atoms with Crippen molar-refractivity contribution in [3.63, 3.8) is 0 Å². The fraction of sp³-hybridized carbons (Fsp3) is 0.500. The van der Waals surface area contributed by atoms with Crippen LogP contribution in [-0.4, -0.2) is 18.4 Å². The molecular formula is C4H12N4O. The molecule has 0 aromatic heterocycles. The quantitative estimate of drug-likeness (QED) is 0.274. The molecule has 0 fully saturated rings. The van der Waals surface area contributed by atoms with Crippen molar-refractivity contribution >= 4 is 0 Å². The molecule has 0 aliphatic rings. The van der Waals surface area contributed by atoms with Crippen LogP contribution in [0.5, 0.6) is 0 Å². The molecule has 9 heavy (non-hydrogen) atoms. The van der Waals surface area contributed by atoms with E-state index in [-0.39, 0.29) is 19.1 Å². The minimum Gasteiger partial charge on any atom is -0.384 e. The number of hydrogen-bond donors (Lipinski definition) is 5. The van der Waals surface area contributed by atoms with Crippen molar-refractivity contribution in [2.24, 2.45) is 17.2 Å². The second kappa shape index (κ2) is 3.99. The van der Waals surface area contributed by atoms with Crippen LogP contribution in [0.15, 0.2) is 11.5 Å². The lowest BCUT2D eigenvalue weighted by Crippen LogP contribution is -2.28. The van der Waals surface area contributed by atoms with E-state index >= 15 is 0 Å². The highest BCUT2D eigenvalue weighted by atomic mass is 16.3. The Balaban J connectivity index is 3.83. The molecule has 0 bridgehead atoms. The third kappa shape index (κ3) is 2.78. The van der Waals surface area contributed by atoms with Crippen LogP contribution in [0.1, 0.15) is 0 Å². The summed E-state index contributed by atoms with van der Waals surface area (Å²) in [6.45, 7) is 0.00727. The fourth-order valence-corrected chi connectivity index (χ4v) is 0.388. The van der Waals surface area contributed by atoms with Gasteiger partial charge in [0.2, 0.25) is 0 Å². The molecule has 8 N–H and O–H groups in total. The van der Waals surface area contributed by atoms with Crippen LogP contribution in [0.4, 0.5) is 0 Å². The molecule has 0 aromatic rings. The molecule has 0 aromatic carbocycles. The summed E-state index contributed by atoms with van der Waals surface area (Å²) in [5.41, 5.74) is 15.9. The summed E-state index contributed by atoms with van der Waals surface area (Å²) in [4.78, 5) is 0. The molecule has 5 heteroatoms. The predicted molar refractivity (Wildman–Crippen MR) is 34.7 cm³/mol. The van der Waals surface area contributed by atoms with E-state index in [1.165, 1.54) is 0 Å². The van der Waals surface area contributed by atoms with Gasteiger partial charge in [0.1, 0.15) is 12.6 Å². The van der Waals surface area contributed by atoms with Crippen LogP contribution >= 0.6 is 0 Å². The predicted octanol–water partition coefficient (Wildman–Crippen LogP) is -2.43. The molecule has 5 nitrogen and oxygen atoms in total. The molecule has 0 amide bonds. The molecule has 0 saturated carbocycles. The van der Waals surface area contributed by atoms with Gasteiger partial charge >= 0.3 is 0 Å². The number of nitrogens with two attached hydrogens (primary N) is 3. The molecule has 0 heterocycles. The van der Waals surface area contributed by atoms with E-state index in [0.29, 0.717) is 5.70 Å². The van der Waals surface area contributed by atoms with Gasteiger partial charge in [-0.05, 0) is 0 Å². The molecule has 0 rings (SSSR count). The van der Waals surface area contributed by atoms with Gasteiger partial charge in [-0.1, -0.05) is 0 Å². The Labute approximate surface area is 53.5 Å². The lowest BCUT2D eigenvalue weighted by Gasteiger charge is -2.05. The highest BCUT2D eigenvalue weighted by Crippen LogP contribution is 1.82. The Morgan fingerprint density at radius 1 is 1.44 bits per heavy atom. The molecule has 0 aliphatic heterocycles. The third-order valence-electron chi connectivity index (χ3n) is 0.845. The topological polar surface area (TPSA) is 110 Å². The summed E-state index contributed by atoms with van der Waals surface area (Å²) in [6, 6.07) is 0. The normalized spacial score (nSPS) is 8.67. The second-order valence-electron chi connectivity index (χ2n) is 1.47. The zero-order valence-corrected chi connectivity index (χ0v) is 5.09. The number of aliphatic hydroxyl groups is 1. The Morgan fingerprint density at radius 3 is 2.11 bits per heavy atom. The van der Waals surface area contributed by atoms with Crippen LogP contribution < -0.4 is 22.5 Å². The largest absolute Gasteiger partial charge is 0.384 e. The van der Waals surface area contributed by atoms with Gasteiger partial charge in [-0.3, -0.25) is 0 Å². The summed E-state index contributed by atoms with van der Waals surface area (Å²) >= 11 is 0. The fourth-order valence-electron chi connectivity index (χ4n) is 0.388. The van der Waals surface area contributed by atoms with Crippen molar-refractivity contribution in [3.05, 3.63) is 11.5 Å². The van der Waals surface area contributed by atoms with Crippen molar-refractivity contribution in [1.82, 2.24) is 5.32 Å². The minimum atomic E-state index is -0.204. The monoisotopic (exact) mass is 132 g/mol. The second-order valence-corrected chi connectivity index (χ2v) is 1.47. The average molecular weight is 132 g/mol. The first kappa shape index (κ1) is 8.06. The maximum Gasteiger partial charge on any atom is 0.114 e. The number of aliphatic hydroxyl groups excluding tert-OH is 1. The lowest BCUT2D eigenvalue weighted by atomic mass is 10.4. The lowest BCUT2D eigenvalue weighted by molar-refractivity contribution is 0.273. The highest BCUT2D eigenvalue weighted by molar-refractivity contribution is 5.06. The van der Waals surface area contributed by atoms with E-state index < -0.39 is 0 Å². The van der Waals surface area contributed by atoms with Crippen LogP contribution in [0.2, 0.25) is 0 Å². The van der Waals surface area contributed by atoms with Gasteiger partial charge in [0.25, 0.3) is 0 Å². The van der Waals surface area contributed by atoms with Crippen LogP contribution in [0.3, 0.4) is 0 Å². The zero-order chi connectivity index (χ0) is 7.28. The Bertz CT molecular complexity index is 107. The SMILES string of the molecule is NCC(NCO)=C(N)N. The van der Waals surface area contributed by atoms with Gasteiger partial charge in [0.15, 0.2) is 0 Å². The Morgan fingerprint density at radius 2 is 2.00 bits per heavy atom. The first-order valence-electron chi connectivity index (χ1n) is 2.51. The van der Waals surface area contributed by atoms with Crippen LogP contribution in [0, 0.1) is 0 Å². The average Bonchev–Trinajstić information content (AvgIpc) is 1.82. The number of hydrogen-bond acceptors (Lipinski definition) is 5. The first-order chi connectivity index (χ1) is 4.22. The molecule has 54 valence electrons. The van der Waals surface area contributed by atoms with Crippen molar-refractivity contribution < 1.29 is 5.11 Å². The van der Waals surface area contributed by atoms with Gasteiger partial charge in [-0.25, -0.2) is 0 Å². The van der Waals surface area contributed by atoms with E-state index in [0.717, 1.165) is 0 Å². The summed E-state index contributed by atoms with van der Waals surface area (Å²) in [7, 11) is 0.